The van der Waals surface area contributed by atoms with Gasteiger partial charge < -0.3 is 9.64 Å². The summed E-state index contributed by atoms with van der Waals surface area (Å²) in [6, 6.07) is 87.4. The Morgan fingerprint density at radius 3 is 1.59 bits per heavy atom. The molecule has 14 rings (SSSR count). The molecule has 0 atom stereocenters. The standard InChI is InChI=1S/C66H45NO/c1-65(2)56-27-12-10-24-53(56)54-37-36-49(41-61(54)65)67(47-34-30-43(31-35-47)42-16-4-3-5-17-42)48-21-14-20-46(40-48)50-26-15-29-58-62(50)55-25-11-13-28-57(55)66(58)59-38-32-44-18-6-8-22-51(44)63(59)68-64-52-23-9-7-19-45(52)33-39-60(64)66/h3-41H,1-2H3. The molecule has 0 bridgehead atoms. The highest BCUT2D eigenvalue weighted by molar-refractivity contribution is 6.02. The van der Waals surface area contributed by atoms with Crippen LogP contribution in [0.2, 0.25) is 0 Å². The molecule has 11 aromatic rings. The van der Waals surface area contributed by atoms with Gasteiger partial charge in [-0.25, -0.2) is 0 Å². The Morgan fingerprint density at radius 2 is 0.853 bits per heavy atom. The van der Waals surface area contributed by atoms with Gasteiger partial charge in [-0.2, -0.15) is 0 Å². The lowest BCUT2D eigenvalue weighted by molar-refractivity contribution is 0.447. The third-order valence-electron chi connectivity index (χ3n) is 15.3. The predicted molar refractivity (Wildman–Crippen MR) is 282 cm³/mol. The summed E-state index contributed by atoms with van der Waals surface area (Å²) < 4.78 is 7.25. The maximum atomic E-state index is 7.25. The van der Waals surface area contributed by atoms with Crippen LogP contribution < -0.4 is 9.64 Å². The summed E-state index contributed by atoms with van der Waals surface area (Å²) in [7, 11) is 0. The van der Waals surface area contributed by atoms with Crippen LogP contribution in [0.1, 0.15) is 47.2 Å². The average molecular weight is 868 g/mol. The van der Waals surface area contributed by atoms with Crippen molar-refractivity contribution in [1.82, 2.24) is 0 Å². The van der Waals surface area contributed by atoms with Crippen LogP contribution in [0.5, 0.6) is 11.5 Å². The third-order valence-corrected chi connectivity index (χ3v) is 15.3. The van der Waals surface area contributed by atoms with Gasteiger partial charge in [0.1, 0.15) is 11.5 Å². The van der Waals surface area contributed by atoms with Gasteiger partial charge >= 0.3 is 0 Å². The lowest BCUT2D eigenvalue weighted by atomic mass is 9.65. The van der Waals surface area contributed by atoms with Gasteiger partial charge in [0.25, 0.3) is 0 Å². The fraction of sp³-hybridized carbons (Fsp3) is 0.0606. The van der Waals surface area contributed by atoms with E-state index < -0.39 is 5.41 Å². The number of hydrogen-bond donors (Lipinski definition) is 0. The number of ether oxygens (including phenoxy) is 1. The van der Waals surface area contributed by atoms with Crippen molar-refractivity contribution < 1.29 is 4.74 Å². The number of hydrogen-bond acceptors (Lipinski definition) is 2. The normalized spacial score (nSPS) is 14.1. The van der Waals surface area contributed by atoms with E-state index in [1.54, 1.807) is 0 Å². The monoisotopic (exact) mass is 867 g/mol. The summed E-state index contributed by atoms with van der Waals surface area (Å²) in [5.41, 5.74) is 20.1. The van der Waals surface area contributed by atoms with E-state index in [1.807, 2.05) is 0 Å². The summed E-state index contributed by atoms with van der Waals surface area (Å²) in [5, 5.41) is 4.57. The molecule has 0 unspecified atom stereocenters. The van der Waals surface area contributed by atoms with Gasteiger partial charge in [0.15, 0.2) is 0 Å². The smallest absolute Gasteiger partial charge is 0.140 e. The van der Waals surface area contributed by atoms with Crippen LogP contribution in [-0.4, -0.2) is 0 Å². The molecule has 68 heavy (non-hydrogen) atoms. The predicted octanol–water partition coefficient (Wildman–Crippen LogP) is 17.6. The van der Waals surface area contributed by atoms with Gasteiger partial charge in [-0.15, -0.1) is 0 Å². The van der Waals surface area contributed by atoms with Gasteiger partial charge in [0.05, 0.1) is 5.41 Å². The molecule has 0 aromatic heterocycles. The molecule has 1 spiro atoms. The number of nitrogens with zero attached hydrogens (tertiary/aromatic N) is 1. The van der Waals surface area contributed by atoms with Gasteiger partial charge in [-0.05, 0) is 114 Å². The van der Waals surface area contributed by atoms with Crippen LogP contribution in [0.25, 0.3) is 66.1 Å². The van der Waals surface area contributed by atoms with Crippen LogP contribution in [0.15, 0.2) is 237 Å². The molecule has 0 N–H and O–H groups in total. The van der Waals surface area contributed by atoms with E-state index in [1.165, 1.54) is 72.3 Å². The summed E-state index contributed by atoms with van der Waals surface area (Å²) in [6.07, 6.45) is 0. The minimum absolute atomic E-state index is 0.138. The van der Waals surface area contributed by atoms with Crippen LogP contribution in [0, 0.1) is 0 Å². The fourth-order valence-electron chi connectivity index (χ4n) is 12.2. The Kier molecular flexibility index (Phi) is 8.28. The van der Waals surface area contributed by atoms with Crippen molar-refractivity contribution in [3.8, 4) is 56.0 Å². The van der Waals surface area contributed by atoms with E-state index in [4.69, 9.17) is 4.74 Å². The van der Waals surface area contributed by atoms with E-state index in [0.29, 0.717) is 0 Å². The van der Waals surface area contributed by atoms with Crippen molar-refractivity contribution in [2.45, 2.75) is 24.7 Å². The molecule has 0 radical (unpaired) electrons. The first kappa shape index (κ1) is 38.8. The van der Waals surface area contributed by atoms with Crippen molar-refractivity contribution in [3.63, 3.8) is 0 Å². The number of rotatable bonds is 5. The Labute approximate surface area is 397 Å². The molecule has 320 valence electrons. The summed E-state index contributed by atoms with van der Waals surface area (Å²) >= 11 is 0. The highest BCUT2D eigenvalue weighted by Gasteiger charge is 2.52. The highest BCUT2D eigenvalue weighted by atomic mass is 16.5. The van der Waals surface area contributed by atoms with Crippen molar-refractivity contribution >= 4 is 38.6 Å². The first-order chi connectivity index (χ1) is 33.5. The first-order valence-electron chi connectivity index (χ1n) is 23.7. The number of fused-ring (bicyclic) bond motifs is 16. The molecule has 3 aliphatic rings. The molecule has 2 aliphatic carbocycles. The molecular weight excluding hydrogens is 823 g/mol. The van der Waals surface area contributed by atoms with Gasteiger partial charge in [0.2, 0.25) is 0 Å². The largest absolute Gasteiger partial charge is 0.455 e. The van der Waals surface area contributed by atoms with Crippen LogP contribution in [0.3, 0.4) is 0 Å². The number of anilines is 3. The maximum Gasteiger partial charge on any atom is 0.140 e. The zero-order valence-corrected chi connectivity index (χ0v) is 37.9. The Balaban J connectivity index is 0.984. The first-order valence-corrected chi connectivity index (χ1v) is 23.7. The lowest BCUT2D eigenvalue weighted by Crippen LogP contribution is -2.32. The Hall–Kier alpha value is -8.46. The lowest BCUT2D eigenvalue weighted by Gasteiger charge is -2.40. The second-order valence-electron chi connectivity index (χ2n) is 19.2. The van der Waals surface area contributed by atoms with E-state index in [-0.39, 0.29) is 5.41 Å². The second-order valence-corrected chi connectivity index (χ2v) is 19.2. The quantitative estimate of drug-likeness (QED) is 0.171. The molecule has 1 heterocycles. The average Bonchev–Trinajstić information content (AvgIpc) is 3.82. The van der Waals surface area contributed by atoms with E-state index >= 15 is 0 Å². The minimum Gasteiger partial charge on any atom is -0.455 e. The van der Waals surface area contributed by atoms with Crippen LogP contribution in [-0.2, 0) is 10.8 Å². The van der Waals surface area contributed by atoms with Gasteiger partial charge in [-0.3, -0.25) is 0 Å². The van der Waals surface area contributed by atoms with E-state index in [0.717, 1.165) is 55.7 Å². The van der Waals surface area contributed by atoms with E-state index in [2.05, 4.69) is 255 Å². The van der Waals surface area contributed by atoms with Crippen LogP contribution in [0.4, 0.5) is 17.1 Å². The Morgan fingerprint density at radius 1 is 0.324 bits per heavy atom. The Bertz CT molecular complexity index is 3780. The number of benzene rings is 11. The molecule has 0 fully saturated rings. The van der Waals surface area contributed by atoms with Crippen molar-refractivity contribution in [3.05, 3.63) is 270 Å². The minimum atomic E-state index is -0.627. The highest BCUT2D eigenvalue weighted by Crippen LogP contribution is 2.65. The molecule has 0 amide bonds. The topological polar surface area (TPSA) is 12.5 Å². The molecule has 1 aliphatic heterocycles. The molecule has 0 saturated heterocycles. The van der Waals surface area contributed by atoms with Crippen LogP contribution >= 0.6 is 0 Å². The molecule has 2 heteroatoms. The van der Waals surface area contributed by atoms with Crippen molar-refractivity contribution in [1.29, 1.82) is 0 Å². The molecular formula is C66H45NO. The van der Waals surface area contributed by atoms with Crippen molar-refractivity contribution in [2.75, 3.05) is 4.90 Å². The summed E-state index contributed by atoms with van der Waals surface area (Å²) in [4.78, 5) is 2.44. The van der Waals surface area contributed by atoms with Gasteiger partial charge in [0, 0.05) is 44.4 Å². The summed E-state index contributed by atoms with van der Waals surface area (Å²) in [6.45, 7) is 4.73. The fourth-order valence-corrected chi connectivity index (χ4v) is 12.2. The third kappa shape index (κ3) is 5.40. The second kappa shape index (κ2) is 14.5. The van der Waals surface area contributed by atoms with E-state index in [9.17, 15) is 0 Å². The summed E-state index contributed by atoms with van der Waals surface area (Å²) in [5.74, 6) is 1.85. The molecule has 0 saturated carbocycles. The van der Waals surface area contributed by atoms with Gasteiger partial charge in [-0.1, -0.05) is 214 Å². The molecule has 11 aromatic carbocycles. The molecule has 2 nitrogen and oxygen atoms in total. The SMILES string of the molecule is CC1(C)c2ccccc2-c2ccc(N(c3ccc(-c4ccccc4)cc3)c3cccc(-c4cccc5c4-c4ccccc4C54c5ccc6ccccc6c5Oc5c4ccc4ccccc54)c3)cc21. The maximum absolute atomic E-state index is 7.25. The zero-order chi connectivity index (χ0) is 45.1. The van der Waals surface area contributed by atoms with Crippen molar-refractivity contribution in [2.24, 2.45) is 0 Å². The zero-order valence-electron chi connectivity index (χ0n) is 37.9.